The summed E-state index contributed by atoms with van der Waals surface area (Å²) in [5.74, 6) is -0.159. The van der Waals surface area contributed by atoms with Gasteiger partial charge < -0.3 is 4.74 Å². The van der Waals surface area contributed by atoms with Gasteiger partial charge in [-0.3, -0.25) is 0 Å². The lowest BCUT2D eigenvalue weighted by molar-refractivity contribution is 0.321. The van der Waals surface area contributed by atoms with Gasteiger partial charge in [-0.25, -0.2) is 17.5 Å². The van der Waals surface area contributed by atoms with Crippen LogP contribution in [0.15, 0.2) is 18.2 Å². The molecule has 0 amide bonds. The van der Waals surface area contributed by atoms with E-state index in [0.717, 1.165) is 5.56 Å². The molecule has 1 rings (SSSR count). The van der Waals surface area contributed by atoms with Gasteiger partial charge in [0.05, 0.1) is 12.4 Å². The third-order valence-corrected chi connectivity index (χ3v) is 3.82. The van der Waals surface area contributed by atoms with Crippen LogP contribution in [0, 0.1) is 5.82 Å². The quantitative estimate of drug-likeness (QED) is 0.824. The van der Waals surface area contributed by atoms with Crippen LogP contribution in [0.5, 0.6) is 5.75 Å². The zero-order valence-corrected chi connectivity index (χ0v) is 11.4. The molecule has 0 unspecified atom stereocenters. The van der Waals surface area contributed by atoms with Crippen LogP contribution in [0.4, 0.5) is 4.39 Å². The topological polar surface area (TPSA) is 55.4 Å². The maximum atomic E-state index is 13.5. The van der Waals surface area contributed by atoms with Crippen molar-refractivity contribution >= 4 is 10.0 Å². The van der Waals surface area contributed by atoms with Crippen LogP contribution in [0.1, 0.15) is 19.4 Å². The normalized spacial score (nSPS) is 11.5. The number of benzene rings is 1. The molecule has 1 aromatic rings. The highest BCUT2D eigenvalue weighted by Crippen LogP contribution is 2.18. The highest BCUT2D eigenvalue weighted by molar-refractivity contribution is 7.89. The number of nitrogens with one attached hydrogen (secondary N) is 1. The first-order valence-corrected chi connectivity index (χ1v) is 7.52. The van der Waals surface area contributed by atoms with Gasteiger partial charge in [-0.2, -0.15) is 0 Å². The molecule has 0 fully saturated rings. The van der Waals surface area contributed by atoms with Crippen LogP contribution in [-0.2, 0) is 16.4 Å². The van der Waals surface area contributed by atoms with E-state index in [-0.39, 0.29) is 18.0 Å². The summed E-state index contributed by atoms with van der Waals surface area (Å²) in [5.41, 5.74) is 0.731. The zero-order valence-electron chi connectivity index (χ0n) is 10.6. The minimum Gasteiger partial charge on any atom is -0.491 e. The Bertz CT molecular complexity index is 488. The second-order valence-corrected chi connectivity index (χ2v) is 5.84. The SMILES string of the molecule is CCOc1ccc(CCNS(=O)(=O)CC)cc1F. The Balaban J connectivity index is 2.56. The van der Waals surface area contributed by atoms with E-state index in [1.54, 1.807) is 26.0 Å². The van der Waals surface area contributed by atoms with Crippen molar-refractivity contribution < 1.29 is 17.5 Å². The van der Waals surface area contributed by atoms with Gasteiger partial charge >= 0.3 is 0 Å². The standard InChI is InChI=1S/C12H18FNO3S/c1-3-17-12-6-5-10(9-11(12)13)7-8-14-18(15,16)4-2/h5-6,9,14H,3-4,7-8H2,1-2H3. The van der Waals surface area contributed by atoms with Crippen LogP contribution < -0.4 is 9.46 Å². The van der Waals surface area contributed by atoms with E-state index in [2.05, 4.69) is 4.72 Å². The monoisotopic (exact) mass is 275 g/mol. The molecule has 0 heterocycles. The first-order valence-electron chi connectivity index (χ1n) is 5.87. The first-order chi connectivity index (χ1) is 8.48. The van der Waals surface area contributed by atoms with E-state index in [0.29, 0.717) is 13.0 Å². The Morgan fingerprint density at radius 3 is 2.61 bits per heavy atom. The molecule has 4 nitrogen and oxygen atoms in total. The molecule has 102 valence electrons. The number of rotatable bonds is 7. The summed E-state index contributed by atoms with van der Waals surface area (Å²) in [5, 5.41) is 0. The lowest BCUT2D eigenvalue weighted by Gasteiger charge is -2.07. The van der Waals surface area contributed by atoms with Crippen molar-refractivity contribution in [3.05, 3.63) is 29.6 Å². The van der Waals surface area contributed by atoms with Crippen molar-refractivity contribution in [1.82, 2.24) is 4.72 Å². The second kappa shape index (κ2) is 6.70. The molecule has 0 atom stereocenters. The predicted molar refractivity (Wildman–Crippen MR) is 68.7 cm³/mol. The Morgan fingerprint density at radius 1 is 1.33 bits per heavy atom. The van der Waals surface area contributed by atoms with Crippen molar-refractivity contribution in [3.63, 3.8) is 0 Å². The average Bonchev–Trinajstić information content (AvgIpc) is 2.32. The van der Waals surface area contributed by atoms with E-state index in [1.807, 2.05) is 0 Å². The van der Waals surface area contributed by atoms with E-state index in [1.165, 1.54) is 6.07 Å². The van der Waals surface area contributed by atoms with Crippen molar-refractivity contribution in [2.24, 2.45) is 0 Å². The third-order valence-electron chi connectivity index (χ3n) is 2.41. The molecule has 0 aliphatic carbocycles. The Hall–Kier alpha value is -1.14. The minimum absolute atomic E-state index is 0.0463. The lowest BCUT2D eigenvalue weighted by Crippen LogP contribution is -2.27. The van der Waals surface area contributed by atoms with E-state index in [9.17, 15) is 12.8 Å². The molecule has 6 heteroatoms. The van der Waals surface area contributed by atoms with Gasteiger partial charge in [0.2, 0.25) is 10.0 Å². The largest absolute Gasteiger partial charge is 0.491 e. The van der Waals surface area contributed by atoms with Crippen LogP contribution in [0.3, 0.4) is 0 Å². The van der Waals surface area contributed by atoms with Crippen molar-refractivity contribution in [2.75, 3.05) is 18.9 Å². The van der Waals surface area contributed by atoms with Crippen molar-refractivity contribution in [2.45, 2.75) is 20.3 Å². The molecule has 0 aromatic heterocycles. The number of sulfonamides is 1. The van der Waals surface area contributed by atoms with Crippen LogP contribution in [0.2, 0.25) is 0 Å². The summed E-state index contributed by atoms with van der Waals surface area (Å²) in [7, 11) is -3.18. The second-order valence-electron chi connectivity index (χ2n) is 3.75. The Labute approximate surface area is 107 Å². The summed E-state index contributed by atoms with van der Waals surface area (Å²) >= 11 is 0. The fourth-order valence-corrected chi connectivity index (χ4v) is 2.04. The molecular weight excluding hydrogens is 257 g/mol. The van der Waals surface area contributed by atoms with E-state index < -0.39 is 15.8 Å². The van der Waals surface area contributed by atoms with Gasteiger partial charge in [-0.05, 0) is 38.0 Å². The minimum atomic E-state index is -3.18. The summed E-state index contributed by atoms with van der Waals surface area (Å²) < 4.78 is 43.4. The van der Waals surface area contributed by atoms with Crippen LogP contribution in [-0.4, -0.2) is 27.3 Å². The molecule has 0 bridgehead atoms. The van der Waals surface area contributed by atoms with Crippen molar-refractivity contribution in [1.29, 1.82) is 0 Å². The van der Waals surface area contributed by atoms with Gasteiger partial charge in [-0.15, -0.1) is 0 Å². The van der Waals surface area contributed by atoms with Gasteiger partial charge in [0, 0.05) is 6.54 Å². The smallest absolute Gasteiger partial charge is 0.211 e. The van der Waals surface area contributed by atoms with Crippen LogP contribution >= 0.6 is 0 Å². The maximum Gasteiger partial charge on any atom is 0.211 e. The summed E-state index contributed by atoms with van der Waals surface area (Å²) in [6, 6.07) is 4.65. The number of halogens is 1. The molecule has 1 N–H and O–H groups in total. The third kappa shape index (κ3) is 4.62. The zero-order chi connectivity index (χ0) is 13.6. The molecule has 1 aromatic carbocycles. The van der Waals surface area contributed by atoms with Crippen LogP contribution in [0.25, 0.3) is 0 Å². The fraction of sp³-hybridized carbons (Fsp3) is 0.500. The number of ether oxygens (including phenoxy) is 1. The first kappa shape index (κ1) is 14.9. The summed E-state index contributed by atoms with van der Waals surface area (Å²) in [6.45, 7) is 4.03. The van der Waals surface area contributed by atoms with E-state index in [4.69, 9.17) is 4.74 Å². The molecule has 18 heavy (non-hydrogen) atoms. The number of hydrogen-bond acceptors (Lipinski definition) is 3. The molecular formula is C12H18FNO3S. The molecule has 0 spiro atoms. The van der Waals surface area contributed by atoms with Gasteiger partial charge in [-0.1, -0.05) is 6.07 Å². The highest BCUT2D eigenvalue weighted by Gasteiger charge is 2.07. The van der Waals surface area contributed by atoms with Crippen molar-refractivity contribution in [3.8, 4) is 5.75 Å². The fourth-order valence-electron chi connectivity index (χ4n) is 1.43. The molecule has 0 aliphatic heterocycles. The lowest BCUT2D eigenvalue weighted by atomic mass is 10.1. The van der Waals surface area contributed by atoms with Gasteiger partial charge in [0.15, 0.2) is 11.6 Å². The Morgan fingerprint density at radius 2 is 2.06 bits per heavy atom. The summed E-state index contributed by atoms with van der Waals surface area (Å²) in [4.78, 5) is 0. The maximum absolute atomic E-state index is 13.5. The van der Waals surface area contributed by atoms with E-state index >= 15 is 0 Å². The molecule has 0 radical (unpaired) electrons. The predicted octanol–water partition coefficient (Wildman–Crippen LogP) is 1.71. The van der Waals surface area contributed by atoms with Gasteiger partial charge in [0.1, 0.15) is 0 Å². The summed E-state index contributed by atoms with van der Waals surface area (Å²) in [6.07, 6.45) is 0.447. The average molecular weight is 275 g/mol. The highest BCUT2D eigenvalue weighted by atomic mass is 32.2. The molecule has 0 saturated heterocycles. The Kier molecular flexibility index (Phi) is 5.55. The van der Waals surface area contributed by atoms with Gasteiger partial charge in [0.25, 0.3) is 0 Å². The molecule has 0 saturated carbocycles. The molecule has 0 aliphatic rings. The number of hydrogen-bond donors (Lipinski definition) is 1.